The lowest BCUT2D eigenvalue weighted by Crippen LogP contribution is -2.39. The second-order valence-corrected chi connectivity index (χ2v) is 5.57. The van der Waals surface area contributed by atoms with E-state index in [1.54, 1.807) is 0 Å². The fourth-order valence-corrected chi connectivity index (χ4v) is 3.09. The van der Waals surface area contributed by atoms with E-state index in [-0.39, 0.29) is 10.6 Å². The molecule has 3 unspecified atom stereocenters. The topological polar surface area (TPSA) is 0 Å². The zero-order valence-electron chi connectivity index (χ0n) is 7.29. The summed E-state index contributed by atoms with van der Waals surface area (Å²) in [6.45, 7) is 0. The highest BCUT2D eigenvalue weighted by Crippen LogP contribution is 2.43. The van der Waals surface area contributed by atoms with Crippen LogP contribution in [-0.4, -0.2) is 16.1 Å². The van der Waals surface area contributed by atoms with Gasteiger partial charge >= 0.3 is 0 Å². The van der Waals surface area contributed by atoms with Crippen molar-refractivity contribution in [3.8, 4) is 0 Å². The Labute approximate surface area is 96.8 Å². The van der Waals surface area contributed by atoms with Crippen LogP contribution in [0.2, 0.25) is 5.02 Å². The van der Waals surface area contributed by atoms with E-state index in [1.165, 1.54) is 11.8 Å². The van der Waals surface area contributed by atoms with Gasteiger partial charge in [-0.1, -0.05) is 23.7 Å². The van der Waals surface area contributed by atoms with E-state index in [9.17, 15) is 4.39 Å². The summed E-state index contributed by atoms with van der Waals surface area (Å²) in [5.41, 5.74) is 0.216. The highest BCUT2D eigenvalue weighted by molar-refractivity contribution is 8.02. The molecule has 0 amide bonds. The molecule has 0 aliphatic carbocycles. The lowest BCUT2D eigenvalue weighted by Gasteiger charge is -2.35. The van der Waals surface area contributed by atoms with Crippen molar-refractivity contribution in [2.24, 2.45) is 0 Å². The third kappa shape index (κ3) is 2.18. The number of hydrogen-bond donors (Lipinski definition) is 0. The fourth-order valence-electron chi connectivity index (χ4n) is 1.45. The van der Waals surface area contributed by atoms with Gasteiger partial charge in [0.2, 0.25) is 0 Å². The summed E-state index contributed by atoms with van der Waals surface area (Å²) in [5.74, 6) is 0. The van der Waals surface area contributed by atoms with Crippen LogP contribution in [0.3, 0.4) is 0 Å². The van der Waals surface area contributed by atoms with Crippen LogP contribution >= 0.6 is 35.0 Å². The summed E-state index contributed by atoms with van der Waals surface area (Å²) < 4.78 is 12.7. The van der Waals surface area contributed by atoms with Crippen LogP contribution in [-0.2, 0) is 6.42 Å². The van der Waals surface area contributed by atoms with Crippen molar-refractivity contribution < 1.29 is 4.39 Å². The Morgan fingerprint density at radius 3 is 2.79 bits per heavy atom. The van der Waals surface area contributed by atoms with Crippen molar-refractivity contribution in [1.82, 2.24) is 0 Å². The summed E-state index contributed by atoms with van der Waals surface area (Å²) in [5, 5.41) is 0.554. The van der Waals surface area contributed by atoms with Crippen LogP contribution in [0.4, 0.5) is 4.39 Å². The highest BCUT2D eigenvalue weighted by Gasteiger charge is 2.40. The normalized spacial score (nSPS) is 31.2. The Morgan fingerprint density at radius 1 is 1.43 bits per heavy atom. The van der Waals surface area contributed by atoms with Gasteiger partial charge in [0.1, 0.15) is 0 Å². The first-order chi connectivity index (χ1) is 6.66. The third-order valence-electron chi connectivity index (χ3n) is 2.24. The second-order valence-electron chi connectivity index (χ2n) is 3.30. The zero-order chi connectivity index (χ0) is 10.1. The van der Waals surface area contributed by atoms with Gasteiger partial charge in [-0.15, -0.1) is 23.4 Å². The maximum atomic E-state index is 12.7. The van der Waals surface area contributed by atoms with Crippen molar-refractivity contribution in [2.45, 2.75) is 22.6 Å². The Bertz CT molecular complexity index is 332. The van der Waals surface area contributed by atoms with Crippen LogP contribution in [0, 0.1) is 0 Å². The molecule has 0 spiro atoms. The molecule has 1 fully saturated rings. The van der Waals surface area contributed by atoms with Gasteiger partial charge in [0, 0.05) is 10.3 Å². The molecule has 0 aromatic heterocycles. The van der Waals surface area contributed by atoms with E-state index < -0.39 is 5.50 Å². The fraction of sp³-hybridized carbons (Fsp3) is 0.400. The smallest absolute Gasteiger partial charge is 0.163 e. The number of benzene rings is 1. The zero-order valence-corrected chi connectivity index (χ0v) is 9.62. The van der Waals surface area contributed by atoms with E-state index in [4.69, 9.17) is 23.2 Å². The number of rotatable bonds is 2. The van der Waals surface area contributed by atoms with Crippen LogP contribution in [0.5, 0.6) is 0 Å². The molecule has 1 aliphatic rings. The molecule has 0 N–H and O–H groups in total. The monoisotopic (exact) mass is 250 g/mol. The first kappa shape index (κ1) is 10.6. The van der Waals surface area contributed by atoms with Crippen LogP contribution < -0.4 is 0 Å². The molecule has 1 heterocycles. The molecule has 1 saturated heterocycles. The van der Waals surface area contributed by atoms with Crippen LogP contribution in [0.25, 0.3) is 0 Å². The van der Waals surface area contributed by atoms with Gasteiger partial charge in [-0.25, -0.2) is 4.39 Å². The van der Waals surface area contributed by atoms with Gasteiger partial charge in [0.25, 0.3) is 0 Å². The van der Waals surface area contributed by atoms with Gasteiger partial charge in [-0.05, 0) is 24.1 Å². The van der Waals surface area contributed by atoms with Gasteiger partial charge in [0.05, 0.1) is 5.38 Å². The molecule has 0 nitrogen and oxygen atoms in total. The van der Waals surface area contributed by atoms with Crippen LogP contribution in [0.15, 0.2) is 24.3 Å². The molecule has 0 saturated carbocycles. The number of alkyl halides is 2. The summed E-state index contributed by atoms with van der Waals surface area (Å²) in [6, 6.07) is 7.62. The number of halogens is 3. The van der Waals surface area contributed by atoms with Crippen molar-refractivity contribution >= 4 is 35.0 Å². The average Bonchev–Trinajstić information content (AvgIpc) is 2.17. The Balaban J connectivity index is 1.98. The largest absolute Gasteiger partial charge is 0.234 e. The Kier molecular flexibility index (Phi) is 3.25. The quantitative estimate of drug-likeness (QED) is 0.718. The summed E-state index contributed by atoms with van der Waals surface area (Å²) in [7, 11) is 0. The lowest BCUT2D eigenvalue weighted by atomic mass is 10.1. The molecule has 3 atom stereocenters. The molecule has 0 radical (unpaired) electrons. The Morgan fingerprint density at radius 2 is 2.21 bits per heavy atom. The maximum absolute atomic E-state index is 12.7. The van der Waals surface area contributed by atoms with Gasteiger partial charge < -0.3 is 0 Å². The summed E-state index contributed by atoms with van der Waals surface area (Å²) in [6.07, 6.45) is 0.791. The van der Waals surface area contributed by atoms with E-state index in [2.05, 4.69) is 0 Å². The molecular weight excluding hydrogens is 242 g/mol. The maximum Gasteiger partial charge on any atom is 0.163 e. The molecule has 76 valence electrons. The van der Waals surface area contributed by atoms with Crippen molar-refractivity contribution in [2.75, 3.05) is 0 Å². The minimum absolute atomic E-state index is 0.185. The van der Waals surface area contributed by atoms with Crippen LogP contribution in [0.1, 0.15) is 5.56 Å². The SMILES string of the molecule is FC1SC(Cc2cccc(Cl)c2)C1Cl. The van der Waals surface area contributed by atoms with Crippen molar-refractivity contribution in [1.29, 1.82) is 0 Å². The van der Waals surface area contributed by atoms with Gasteiger partial charge in [-0.3, -0.25) is 0 Å². The molecule has 1 aliphatic heterocycles. The average molecular weight is 251 g/mol. The van der Waals surface area contributed by atoms with Gasteiger partial charge in [-0.2, -0.15) is 0 Å². The van der Waals surface area contributed by atoms with Gasteiger partial charge in [0.15, 0.2) is 5.50 Å². The molecule has 2 rings (SSSR count). The molecule has 0 bridgehead atoms. The Hall–Kier alpha value is 0.0800. The molecule has 1 aromatic rings. The first-order valence-electron chi connectivity index (χ1n) is 4.35. The summed E-state index contributed by atoms with van der Waals surface area (Å²) >= 11 is 13.0. The number of hydrogen-bond acceptors (Lipinski definition) is 1. The predicted octanol–water partition coefficient (Wildman–Crippen LogP) is 3.90. The summed E-state index contributed by atoms with van der Waals surface area (Å²) in [4.78, 5) is 0. The van der Waals surface area contributed by atoms with Crippen molar-refractivity contribution in [3.63, 3.8) is 0 Å². The third-order valence-corrected chi connectivity index (χ3v) is 4.66. The van der Waals surface area contributed by atoms with E-state index in [1.807, 2.05) is 24.3 Å². The second kappa shape index (κ2) is 4.30. The minimum Gasteiger partial charge on any atom is -0.234 e. The highest BCUT2D eigenvalue weighted by atomic mass is 35.5. The molecule has 4 heteroatoms. The van der Waals surface area contributed by atoms with Crippen molar-refractivity contribution in [3.05, 3.63) is 34.9 Å². The molecule has 14 heavy (non-hydrogen) atoms. The lowest BCUT2D eigenvalue weighted by molar-refractivity contribution is 0.399. The van der Waals surface area contributed by atoms with E-state index in [0.29, 0.717) is 0 Å². The van der Waals surface area contributed by atoms with E-state index >= 15 is 0 Å². The molecular formula is C10H9Cl2FS. The number of thioether (sulfide) groups is 1. The standard InChI is InChI=1S/C10H9Cl2FS/c11-7-3-1-2-6(4-7)5-8-9(12)10(13)14-8/h1-4,8-10H,5H2. The minimum atomic E-state index is -0.902. The molecule has 1 aromatic carbocycles. The first-order valence-corrected chi connectivity index (χ1v) is 6.10. The predicted molar refractivity (Wildman–Crippen MR) is 61.1 cm³/mol. The van der Waals surface area contributed by atoms with E-state index in [0.717, 1.165) is 17.0 Å².